The van der Waals surface area contributed by atoms with Gasteiger partial charge in [0.2, 0.25) is 5.91 Å². The summed E-state index contributed by atoms with van der Waals surface area (Å²) >= 11 is 0. The van der Waals surface area contributed by atoms with Gasteiger partial charge in [0.25, 0.3) is 0 Å². The average Bonchev–Trinajstić information content (AvgIpc) is 3.23. The highest BCUT2D eigenvalue weighted by atomic mass is 16.2. The summed E-state index contributed by atoms with van der Waals surface area (Å²) in [5.41, 5.74) is 12.5. The van der Waals surface area contributed by atoms with Crippen LogP contribution in [0.5, 0.6) is 0 Å². The highest BCUT2D eigenvalue weighted by molar-refractivity contribution is 5.84. The van der Waals surface area contributed by atoms with Crippen molar-refractivity contribution < 1.29 is 4.79 Å². The third-order valence-electron chi connectivity index (χ3n) is 10.6. The molecule has 0 aromatic rings. The van der Waals surface area contributed by atoms with Crippen molar-refractivity contribution in [2.24, 2.45) is 46.0 Å². The molecule has 5 aliphatic rings. The first kappa shape index (κ1) is 25.5. The van der Waals surface area contributed by atoms with Crippen LogP contribution < -0.4 is 16.8 Å². The monoisotopic (exact) mass is 485 g/mol. The number of amidine groups is 1. The normalized spacial score (nSPS) is 42.8. The van der Waals surface area contributed by atoms with E-state index in [1.165, 1.54) is 51.4 Å². The Balaban J connectivity index is 1.29. The molecule has 5 fully saturated rings. The Bertz CT molecular complexity index is 747. The lowest BCUT2D eigenvalue weighted by molar-refractivity contribution is -0.127. The van der Waals surface area contributed by atoms with E-state index in [1.54, 1.807) is 0 Å². The van der Waals surface area contributed by atoms with E-state index in [-0.39, 0.29) is 11.9 Å². The number of hydrogen-bond acceptors (Lipinski definition) is 4. The number of carbonyl (C=O) groups is 1. The van der Waals surface area contributed by atoms with Crippen molar-refractivity contribution in [3.05, 3.63) is 0 Å². The molecule has 6 heteroatoms. The zero-order valence-electron chi connectivity index (χ0n) is 22.2. The van der Waals surface area contributed by atoms with Crippen molar-refractivity contribution in [2.45, 2.75) is 127 Å². The van der Waals surface area contributed by atoms with Gasteiger partial charge in [-0.05, 0) is 101 Å². The Labute approximate surface area is 213 Å². The van der Waals surface area contributed by atoms with Crippen LogP contribution in [0.4, 0.5) is 0 Å². The van der Waals surface area contributed by atoms with E-state index in [1.807, 2.05) is 0 Å². The third-order valence-corrected chi connectivity index (χ3v) is 10.6. The quantitative estimate of drug-likeness (QED) is 0.388. The molecule has 0 radical (unpaired) electrons. The van der Waals surface area contributed by atoms with Gasteiger partial charge >= 0.3 is 0 Å². The number of nitrogens with one attached hydrogen (secondary N) is 1. The lowest BCUT2D eigenvalue weighted by Gasteiger charge is -2.43. The largest absolute Gasteiger partial charge is 0.387 e. The molecule has 198 valence electrons. The van der Waals surface area contributed by atoms with Crippen LogP contribution in [-0.2, 0) is 4.79 Å². The fraction of sp³-hybridized carbons (Fsp3) is 0.931. The van der Waals surface area contributed by atoms with Crippen LogP contribution in [0.25, 0.3) is 0 Å². The van der Waals surface area contributed by atoms with Gasteiger partial charge in [0, 0.05) is 37.1 Å². The van der Waals surface area contributed by atoms with E-state index in [0.717, 1.165) is 81.6 Å². The minimum absolute atomic E-state index is 0.0350. The van der Waals surface area contributed by atoms with Gasteiger partial charge in [-0.1, -0.05) is 25.7 Å². The number of nitrogens with two attached hydrogens (primary N) is 2. The molecule has 1 aliphatic heterocycles. The van der Waals surface area contributed by atoms with Crippen LogP contribution in [0.2, 0.25) is 0 Å². The summed E-state index contributed by atoms with van der Waals surface area (Å²) in [4.78, 5) is 21.0. The van der Waals surface area contributed by atoms with Gasteiger partial charge in [-0.3, -0.25) is 14.7 Å². The number of hydrogen-bond donors (Lipinski definition) is 3. The molecule has 1 heterocycles. The Morgan fingerprint density at radius 2 is 1.63 bits per heavy atom. The fourth-order valence-corrected chi connectivity index (χ4v) is 8.64. The Morgan fingerprint density at radius 1 is 0.886 bits per heavy atom. The predicted octanol–water partition coefficient (Wildman–Crippen LogP) is 4.22. The molecule has 4 aliphatic carbocycles. The van der Waals surface area contributed by atoms with Crippen LogP contribution in [-0.4, -0.2) is 53.9 Å². The van der Waals surface area contributed by atoms with Crippen molar-refractivity contribution in [1.29, 1.82) is 0 Å². The summed E-state index contributed by atoms with van der Waals surface area (Å²) in [7, 11) is 0. The molecule has 0 bridgehead atoms. The van der Waals surface area contributed by atoms with Gasteiger partial charge in [-0.25, -0.2) is 0 Å². The molecular formula is C29H51N5O. The number of likely N-dealkylation sites (tertiary alicyclic amines) is 1. The van der Waals surface area contributed by atoms with E-state index in [9.17, 15) is 4.79 Å². The predicted molar refractivity (Wildman–Crippen MR) is 143 cm³/mol. The smallest absolute Gasteiger partial charge is 0.237 e. The summed E-state index contributed by atoms with van der Waals surface area (Å²) in [5, 5.41) is 3.47. The van der Waals surface area contributed by atoms with Crippen LogP contribution in [0.15, 0.2) is 4.99 Å². The molecule has 7 unspecified atom stereocenters. The maximum Gasteiger partial charge on any atom is 0.237 e. The molecule has 1 amide bonds. The summed E-state index contributed by atoms with van der Waals surface area (Å²) < 4.78 is 0. The number of amides is 1. The summed E-state index contributed by atoms with van der Waals surface area (Å²) in [6.07, 6.45) is 18.5. The zero-order valence-corrected chi connectivity index (χ0v) is 22.2. The van der Waals surface area contributed by atoms with Gasteiger partial charge in [0.1, 0.15) is 0 Å². The van der Waals surface area contributed by atoms with E-state index >= 15 is 0 Å². The van der Waals surface area contributed by atoms with Gasteiger partial charge in [0.05, 0.1) is 11.9 Å². The van der Waals surface area contributed by atoms with E-state index < -0.39 is 0 Å². The first-order valence-corrected chi connectivity index (χ1v) is 15.1. The molecule has 4 saturated carbocycles. The first-order chi connectivity index (χ1) is 17.0. The number of aliphatic imine (C=N–C) groups is 1. The fourth-order valence-electron chi connectivity index (χ4n) is 8.64. The van der Waals surface area contributed by atoms with Crippen molar-refractivity contribution in [3.8, 4) is 0 Å². The van der Waals surface area contributed by atoms with Crippen molar-refractivity contribution in [1.82, 2.24) is 10.2 Å². The average molecular weight is 486 g/mol. The molecule has 35 heavy (non-hydrogen) atoms. The number of fused-ring (bicyclic) bond motifs is 2. The van der Waals surface area contributed by atoms with Gasteiger partial charge in [0.15, 0.2) is 0 Å². The van der Waals surface area contributed by atoms with Gasteiger partial charge in [-0.2, -0.15) is 0 Å². The zero-order chi connectivity index (χ0) is 24.4. The summed E-state index contributed by atoms with van der Waals surface area (Å²) in [6, 6.07) is 1.15. The molecular weight excluding hydrogens is 434 g/mol. The van der Waals surface area contributed by atoms with Crippen LogP contribution in [0.3, 0.4) is 0 Å². The van der Waals surface area contributed by atoms with Crippen molar-refractivity contribution >= 4 is 11.7 Å². The second-order valence-corrected chi connectivity index (χ2v) is 12.8. The van der Waals surface area contributed by atoms with E-state index in [4.69, 9.17) is 11.5 Å². The molecule has 6 nitrogen and oxygen atoms in total. The molecule has 0 spiro atoms. The summed E-state index contributed by atoms with van der Waals surface area (Å²) in [5.74, 6) is 4.81. The molecule has 0 aromatic heterocycles. The first-order valence-electron chi connectivity index (χ1n) is 15.1. The molecule has 7 atom stereocenters. The minimum Gasteiger partial charge on any atom is -0.387 e. The standard InChI is InChI=1S/C29H51N5O/c1-2-32-28(31)23-10-9-22-16-27(29(35)33-25-13-11-24(30)12-14-25)34(26(22)17-23)18-19-7-8-20-5-3-4-6-21(20)15-19/h19-27H,2-18,30H2,1H3,(H2,31,32)(H,33,35). The molecule has 0 aromatic carbocycles. The second-order valence-electron chi connectivity index (χ2n) is 12.8. The minimum atomic E-state index is 0.0350. The number of carbonyl (C=O) groups excluding carboxylic acids is 1. The maximum atomic E-state index is 13.7. The van der Waals surface area contributed by atoms with Crippen molar-refractivity contribution in [3.63, 3.8) is 0 Å². The van der Waals surface area contributed by atoms with Gasteiger partial charge < -0.3 is 16.8 Å². The van der Waals surface area contributed by atoms with Crippen LogP contribution in [0.1, 0.15) is 103 Å². The highest BCUT2D eigenvalue weighted by Gasteiger charge is 2.48. The topological polar surface area (TPSA) is 96.7 Å². The Morgan fingerprint density at radius 3 is 2.40 bits per heavy atom. The highest BCUT2D eigenvalue weighted by Crippen LogP contribution is 2.46. The Kier molecular flexibility index (Phi) is 8.38. The van der Waals surface area contributed by atoms with E-state index in [0.29, 0.717) is 30.0 Å². The number of nitrogens with zero attached hydrogens (tertiary/aromatic N) is 2. The lowest BCUT2D eigenvalue weighted by atomic mass is 9.67. The maximum absolute atomic E-state index is 13.7. The number of rotatable bonds is 6. The van der Waals surface area contributed by atoms with Crippen LogP contribution in [0, 0.1) is 29.6 Å². The Hall–Kier alpha value is -1.14. The van der Waals surface area contributed by atoms with Gasteiger partial charge in [-0.15, -0.1) is 0 Å². The van der Waals surface area contributed by atoms with E-state index in [2.05, 4.69) is 22.1 Å². The SMILES string of the molecule is CCN=C(N)C1CCC2CC(C(=O)NC3CCC(N)CC3)N(CC3CCC4CCCCC4C3)C2C1. The molecule has 5 rings (SSSR count). The lowest BCUT2D eigenvalue weighted by Crippen LogP contribution is -2.52. The molecule has 1 saturated heterocycles. The third kappa shape index (κ3) is 5.89. The van der Waals surface area contributed by atoms with Crippen LogP contribution >= 0.6 is 0 Å². The second kappa shape index (κ2) is 11.5. The summed E-state index contributed by atoms with van der Waals surface area (Å²) in [6.45, 7) is 3.94. The van der Waals surface area contributed by atoms with Crippen molar-refractivity contribution in [2.75, 3.05) is 13.1 Å². The molecule has 5 N–H and O–H groups in total.